The Morgan fingerprint density at radius 2 is 1.92 bits per heavy atom. The molecule has 0 spiro atoms. The Kier molecular flexibility index (Phi) is 7.98. The molecule has 4 rings (SSSR count). The van der Waals surface area contributed by atoms with Gasteiger partial charge in [0.25, 0.3) is 5.91 Å². The van der Waals surface area contributed by atoms with Crippen molar-refractivity contribution in [1.29, 1.82) is 0 Å². The predicted molar refractivity (Wildman–Crippen MR) is 143 cm³/mol. The maximum absolute atomic E-state index is 12.9. The first-order chi connectivity index (χ1) is 17.2. The molecule has 0 saturated carbocycles. The fourth-order valence-corrected chi connectivity index (χ4v) is 4.34. The molecule has 1 aliphatic heterocycles. The van der Waals surface area contributed by atoms with E-state index in [4.69, 9.17) is 27.9 Å². The summed E-state index contributed by atoms with van der Waals surface area (Å²) in [6.45, 7) is 1.64. The molecule has 3 aromatic rings. The van der Waals surface area contributed by atoms with E-state index in [0.29, 0.717) is 27.0 Å². The summed E-state index contributed by atoms with van der Waals surface area (Å²) in [6, 6.07) is 16.9. The van der Waals surface area contributed by atoms with Crippen molar-refractivity contribution in [1.82, 2.24) is 10.2 Å². The average molecular weight is 589 g/mol. The molecular formula is C26H20BrCl2N3O4. The highest BCUT2D eigenvalue weighted by molar-refractivity contribution is 9.10. The number of rotatable bonds is 7. The van der Waals surface area contributed by atoms with E-state index in [9.17, 15) is 14.4 Å². The second-order valence-electron chi connectivity index (χ2n) is 8.00. The van der Waals surface area contributed by atoms with Crippen LogP contribution in [0, 0.1) is 6.92 Å². The second kappa shape index (κ2) is 11.2. The Balaban J connectivity index is 1.49. The van der Waals surface area contributed by atoms with Crippen LogP contribution in [0.15, 0.2) is 70.8 Å². The van der Waals surface area contributed by atoms with E-state index in [1.165, 1.54) is 6.08 Å². The van der Waals surface area contributed by atoms with Gasteiger partial charge in [0.2, 0.25) is 5.91 Å². The average Bonchev–Trinajstić information content (AvgIpc) is 3.07. The molecule has 7 nitrogen and oxygen atoms in total. The summed E-state index contributed by atoms with van der Waals surface area (Å²) in [5, 5.41) is 6.21. The molecule has 1 fully saturated rings. The Morgan fingerprint density at radius 1 is 1.11 bits per heavy atom. The Bertz CT molecular complexity index is 1390. The quantitative estimate of drug-likeness (QED) is 0.255. The third-order valence-electron chi connectivity index (χ3n) is 5.24. The van der Waals surface area contributed by atoms with Gasteiger partial charge < -0.3 is 15.4 Å². The van der Waals surface area contributed by atoms with E-state index in [0.717, 1.165) is 20.5 Å². The number of nitrogens with one attached hydrogen (secondary N) is 2. The van der Waals surface area contributed by atoms with Crippen LogP contribution in [0.25, 0.3) is 6.08 Å². The third-order valence-corrected chi connectivity index (χ3v) is 6.32. The largest absolute Gasteiger partial charge is 0.488 e. The van der Waals surface area contributed by atoms with Crippen molar-refractivity contribution in [2.45, 2.75) is 13.5 Å². The Hall–Kier alpha value is -3.33. The first-order valence-corrected chi connectivity index (χ1v) is 12.3. The molecule has 1 aliphatic rings. The van der Waals surface area contributed by atoms with Crippen molar-refractivity contribution in [3.63, 3.8) is 0 Å². The van der Waals surface area contributed by atoms with Gasteiger partial charge in [-0.2, -0.15) is 0 Å². The minimum atomic E-state index is -0.684. The van der Waals surface area contributed by atoms with Crippen LogP contribution in [0.1, 0.15) is 16.7 Å². The number of ether oxygens (including phenoxy) is 1. The SMILES string of the molecule is Cc1cccc(NC(=O)CN2C(=O)N/C(=C/c3cc(Br)ccc3OCc3ccc(Cl)cc3Cl)C2=O)c1. The molecule has 184 valence electrons. The summed E-state index contributed by atoms with van der Waals surface area (Å²) in [5.41, 5.74) is 2.86. The zero-order valence-corrected chi connectivity index (χ0v) is 22.1. The number of aryl methyl sites for hydroxylation is 1. The van der Waals surface area contributed by atoms with Crippen LogP contribution in [0.4, 0.5) is 10.5 Å². The number of amides is 4. The number of carbonyl (C=O) groups is 3. The van der Waals surface area contributed by atoms with Gasteiger partial charge in [-0.3, -0.25) is 9.59 Å². The normalized spacial score (nSPS) is 14.2. The number of carbonyl (C=O) groups excluding carboxylic acids is 3. The van der Waals surface area contributed by atoms with Crippen molar-refractivity contribution in [2.24, 2.45) is 0 Å². The van der Waals surface area contributed by atoms with Gasteiger partial charge in [0, 0.05) is 31.3 Å². The van der Waals surface area contributed by atoms with E-state index < -0.39 is 24.4 Å². The molecule has 4 amide bonds. The van der Waals surface area contributed by atoms with Gasteiger partial charge in [-0.1, -0.05) is 57.3 Å². The fraction of sp³-hybridized carbons (Fsp3) is 0.115. The van der Waals surface area contributed by atoms with Crippen LogP contribution in [0.2, 0.25) is 10.0 Å². The van der Waals surface area contributed by atoms with Crippen LogP contribution in [0.3, 0.4) is 0 Å². The lowest BCUT2D eigenvalue weighted by atomic mass is 10.1. The van der Waals surface area contributed by atoms with Crippen molar-refractivity contribution < 1.29 is 19.1 Å². The number of halogens is 3. The molecule has 0 atom stereocenters. The third kappa shape index (κ3) is 6.26. The van der Waals surface area contributed by atoms with Gasteiger partial charge in [0.05, 0.1) is 0 Å². The van der Waals surface area contributed by atoms with Crippen molar-refractivity contribution in [3.05, 3.63) is 97.6 Å². The van der Waals surface area contributed by atoms with Crippen molar-refractivity contribution in [2.75, 3.05) is 11.9 Å². The highest BCUT2D eigenvalue weighted by Crippen LogP contribution is 2.29. The zero-order valence-electron chi connectivity index (χ0n) is 19.0. The number of anilines is 1. The van der Waals surface area contributed by atoms with E-state index in [2.05, 4.69) is 26.6 Å². The molecule has 1 heterocycles. The van der Waals surface area contributed by atoms with Gasteiger partial charge >= 0.3 is 6.03 Å². The van der Waals surface area contributed by atoms with Gasteiger partial charge in [-0.25, -0.2) is 9.69 Å². The molecule has 0 aromatic heterocycles. The summed E-state index contributed by atoms with van der Waals surface area (Å²) in [7, 11) is 0. The maximum Gasteiger partial charge on any atom is 0.329 e. The molecule has 3 aromatic carbocycles. The van der Waals surface area contributed by atoms with Crippen LogP contribution in [0.5, 0.6) is 5.75 Å². The van der Waals surface area contributed by atoms with Gasteiger partial charge in [0.1, 0.15) is 24.6 Å². The number of benzene rings is 3. The maximum atomic E-state index is 12.9. The standard InChI is InChI=1S/C26H20BrCl2N3O4/c1-15-3-2-4-20(9-15)30-24(33)13-32-25(34)22(31-26(32)35)11-17-10-18(27)6-8-23(17)36-14-16-5-7-19(28)12-21(16)29/h2-12H,13-14H2,1H3,(H,30,33)(H,31,35)/b22-11+. The minimum Gasteiger partial charge on any atom is -0.488 e. The van der Waals surface area contributed by atoms with Crippen molar-refractivity contribution >= 4 is 68.7 Å². The second-order valence-corrected chi connectivity index (χ2v) is 9.76. The van der Waals surface area contributed by atoms with E-state index in [-0.39, 0.29) is 12.3 Å². The molecule has 10 heteroatoms. The molecule has 36 heavy (non-hydrogen) atoms. The summed E-state index contributed by atoms with van der Waals surface area (Å²) in [5.74, 6) is -0.642. The number of hydrogen-bond donors (Lipinski definition) is 2. The van der Waals surface area contributed by atoms with E-state index in [1.807, 2.05) is 13.0 Å². The molecular weight excluding hydrogens is 569 g/mol. The van der Waals surface area contributed by atoms with Gasteiger partial charge in [0.15, 0.2) is 0 Å². The van der Waals surface area contributed by atoms with Crippen LogP contribution in [-0.4, -0.2) is 29.3 Å². The first kappa shape index (κ1) is 25.8. The smallest absolute Gasteiger partial charge is 0.329 e. The number of hydrogen-bond acceptors (Lipinski definition) is 4. The summed E-state index contributed by atoms with van der Waals surface area (Å²) in [4.78, 5) is 38.7. The lowest BCUT2D eigenvalue weighted by Crippen LogP contribution is -2.38. The molecule has 0 bridgehead atoms. The molecule has 0 unspecified atom stereocenters. The van der Waals surface area contributed by atoms with Gasteiger partial charge in [-0.15, -0.1) is 0 Å². The van der Waals surface area contributed by atoms with Crippen LogP contribution >= 0.6 is 39.1 Å². The predicted octanol–water partition coefficient (Wildman–Crippen LogP) is 6.17. The number of urea groups is 1. The summed E-state index contributed by atoms with van der Waals surface area (Å²) >= 11 is 15.6. The van der Waals surface area contributed by atoms with Crippen LogP contribution in [-0.2, 0) is 16.2 Å². The lowest BCUT2D eigenvalue weighted by Gasteiger charge is -2.12. The summed E-state index contributed by atoms with van der Waals surface area (Å²) < 4.78 is 6.69. The zero-order chi connectivity index (χ0) is 25.8. The topological polar surface area (TPSA) is 87.7 Å². The Labute approximate surface area is 226 Å². The first-order valence-electron chi connectivity index (χ1n) is 10.8. The number of nitrogens with zero attached hydrogens (tertiary/aromatic N) is 1. The van der Waals surface area contributed by atoms with E-state index >= 15 is 0 Å². The van der Waals surface area contributed by atoms with E-state index in [1.54, 1.807) is 54.6 Å². The molecule has 0 aliphatic carbocycles. The molecule has 2 N–H and O–H groups in total. The van der Waals surface area contributed by atoms with Gasteiger partial charge in [-0.05, 0) is 61.0 Å². The monoisotopic (exact) mass is 587 g/mol. The minimum absolute atomic E-state index is 0.0239. The number of imide groups is 1. The highest BCUT2D eigenvalue weighted by Gasteiger charge is 2.35. The molecule has 1 saturated heterocycles. The summed E-state index contributed by atoms with van der Waals surface area (Å²) in [6.07, 6.45) is 1.50. The Morgan fingerprint density at radius 3 is 2.67 bits per heavy atom. The van der Waals surface area contributed by atoms with Crippen LogP contribution < -0.4 is 15.4 Å². The highest BCUT2D eigenvalue weighted by atomic mass is 79.9. The fourth-order valence-electron chi connectivity index (χ4n) is 3.50. The van der Waals surface area contributed by atoms with Crippen molar-refractivity contribution in [3.8, 4) is 5.75 Å². The lowest BCUT2D eigenvalue weighted by molar-refractivity contribution is -0.127. The molecule has 0 radical (unpaired) electrons.